The first-order chi connectivity index (χ1) is 7.24. The van der Waals surface area contributed by atoms with E-state index in [2.05, 4.69) is 46.3 Å². The molecule has 1 aliphatic rings. The highest BCUT2D eigenvalue weighted by molar-refractivity contribution is 9.10. The minimum Gasteiger partial charge on any atom is -0.329 e. The third-order valence-corrected chi connectivity index (χ3v) is 4.56. The number of halogens is 1. The molecular weight excluding hydrogens is 270 g/mol. The van der Waals surface area contributed by atoms with Crippen LogP contribution < -0.4 is 5.73 Å². The Balaban J connectivity index is 2.13. The predicted molar refractivity (Wildman–Crippen MR) is 70.2 cm³/mol. The highest BCUT2D eigenvalue weighted by Gasteiger charge is 2.30. The molecule has 80 valence electrons. The van der Waals surface area contributed by atoms with E-state index in [0.717, 1.165) is 23.9 Å². The predicted octanol–water partition coefficient (Wildman–Crippen LogP) is 3.59. The van der Waals surface area contributed by atoms with E-state index in [1.165, 1.54) is 4.90 Å². The van der Waals surface area contributed by atoms with Crippen LogP contribution in [0.1, 0.15) is 12.8 Å². The van der Waals surface area contributed by atoms with Gasteiger partial charge in [-0.3, -0.25) is 0 Å². The number of allylic oxidation sites excluding steroid dienone is 2. The van der Waals surface area contributed by atoms with Gasteiger partial charge in [0.15, 0.2) is 0 Å². The van der Waals surface area contributed by atoms with Gasteiger partial charge in [-0.25, -0.2) is 0 Å². The Kier molecular flexibility index (Phi) is 3.54. The highest BCUT2D eigenvalue weighted by Crippen LogP contribution is 2.41. The van der Waals surface area contributed by atoms with Gasteiger partial charge in [-0.1, -0.05) is 34.1 Å². The summed E-state index contributed by atoms with van der Waals surface area (Å²) in [7, 11) is 0. The van der Waals surface area contributed by atoms with Crippen molar-refractivity contribution in [3.05, 3.63) is 40.9 Å². The second-order valence-electron chi connectivity index (χ2n) is 3.83. The van der Waals surface area contributed by atoms with Crippen LogP contribution in [0.5, 0.6) is 0 Å². The highest BCUT2D eigenvalue weighted by atomic mass is 79.9. The number of rotatable bonds is 3. The summed E-state index contributed by atoms with van der Waals surface area (Å²) in [5, 5.41) is 0. The van der Waals surface area contributed by atoms with Gasteiger partial charge in [-0.05, 0) is 31.0 Å². The van der Waals surface area contributed by atoms with E-state index in [0.29, 0.717) is 0 Å². The molecule has 0 radical (unpaired) electrons. The molecule has 15 heavy (non-hydrogen) atoms. The first-order valence-electron chi connectivity index (χ1n) is 5.04. The Bertz CT molecular complexity index is 368. The first kappa shape index (κ1) is 11.2. The monoisotopic (exact) mass is 283 g/mol. The topological polar surface area (TPSA) is 26.0 Å². The van der Waals surface area contributed by atoms with Crippen molar-refractivity contribution >= 4 is 27.7 Å². The summed E-state index contributed by atoms with van der Waals surface area (Å²) >= 11 is 5.39. The van der Waals surface area contributed by atoms with Gasteiger partial charge in [0.25, 0.3) is 0 Å². The van der Waals surface area contributed by atoms with Crippen LogP contribution in [-0.2, 0) is 0 Å². The molecule has 1 aromatic rings. The Hall–Kier alpha value is -0.250. The Morgan fingerprint density at radius 1 is 1.33 bits per heavy atom. The Labute approximate surface area is 103 Å². The number of hydrogen-bond donors (Lipinski definition) is 1. The molecule has 2 rings (SSSR count). The molecule has 0 spiro atoms. The van der Waals surface area contributed by atoms with Gasteiger partial charge < -0.3 is 5.73 Å². The quantitative estimate of drug-likeness (QED) is 0.858. The van der Waals surface area contributed by atoms with Crippen LogP contribution in [0.4, 0.5) is 0 Å². The van der Waals surface area contributed by atoms with Crippen molar-refractivity contribution in [1.29, 1.82) is 0 Å². The molecule has 0 atom stereocenters. The van der Waals surface area contributed by atoms with E-state index in [1.807, 2.05) is 17.8 Å². The summed E-state index contributed by atoms with van der Waals surface area (Å²) in [5.41, 5.74) is 5.88. The SMILES string of the molecule is NCC1(Sc2cccc(Br)c2)CC=CC1. The van der Waals surface area contributed by atoms with Gasteiger partial charge in [0.05, 0.1) is 0 Å². The maximum absolute atomic E-state index is 5.88. The van der Waals surface area contributed by atoms with Crippen molar-refractivity contribution < 1.29 is 0 Å². The molecule has 0 bridgehead atoms. The molecule has 2 N–H and O–H groups in total. The second-order valence-corrected chi connectivity index (χ2v) is 6.28. The van der Waals surface area contributed by atoms with Crippen LogP contribution in [0.25, 0.3) is 0 Å². The van der Waals surface area contributed by atoms with E-state index in [1.54, 1.807) is 0 Å². The molecule has 1 aromatic carbocycles. The lowest BCUT2D eigenvalue weighted by molar-refractivity contribution is 0.641. The molecule has 0 heterocycles. The van der Waals surface area contributed by atoms with Crippen molar-refractivity contribution in [2.24, 2.45) is 5.73 Å². The molecule has 0 unspecified atom stereocenters. The van der Waals surface area contributed by atoms with Crippen molar-refractivity contribution in [2.75, 3.05) is 6.54 Å². The molecule has 0 amide bonds. The largest absolute Gasteiger partial charge is 0.329 e. The maximum atomic E-state index is 5.88. The molecule has 0 fully saturated rings. The standard InChI is InChI=1S/C12H14BrNS/c13-10-4-3-5-11(8-10)15-12(9-14)6-1-2-7-12/h1-5,8H,6-7,9,14H2. The normalized spacial score (nSPS) is 18.3. The lowest BCUT2D eigenvalue weighted by Crippen LogP contribution is -2.31. The van der Waals surface area contributed by atoms with Gasteiger partial charge in [0.2, 0.25) is 0 Å². The Morgan fingerprint density at radius 2 is 2.07 bits per heavy atom. The van der Waals surface area contributed by atoms with Crippen LogP contribution in [0.3, 0.4) is 0 Å². The lowest BCUT2D eigenvalue weighted by Gasteiger charge is -2.26. The fourth-order valence-corrected chi connectivity index (χ4v) is 3.58. The van der Waals surface area contributed by atoms with E-state index in [4.69, 9.17) is 5.73 Å². The minimum absolute atomic E-state index is 0.195. The fraction of sp³-hybridized carbons (Fsp3) is 0.333. The number of nitrogens with two attached hydrogens (primary N) is 1. The van der Waals surface area contributed by atoms with Crippen LogP contribution in [0, 0.1) is 0 Å². The van der Waals surface area contributed by atoms with Gasteiger partial charge in [-0.2, -0.15) is 0 Å². The zero-order chi connectivity index (χ0) is 10.7. The van der Waals surface area contributed by atoms with Crippen LogP contribution in [-0.4, -0.2) is 11.3 Å². The fourth-order valence-electron chi connectivity index (χ4n) is 1.75. The van der Waals surface area contributed by atoms with E-state index >= 15 is 0 Å². The van der Waals surface area contributed by atoms with Gasteiger partial charge in [0.1, 0.15) is 0 Å². The Morgan fingerprint density at radius 3 is 2.67 bits per heavy atom. The van der Waals surface area contributed by atoms with Gasteiger partial charge >= 0.3 is 0 Å². The first-order valence-corrected chi connectivity index (χ1v) is 6.65. The number of benzene rings is 1. The zero-order valence-electron chi connectivity index (χ0n) is 8.45. The van der Waals surface area contributed by atoms with Crippen LogP contribution in [0.2, 0.25) is 0 Å². The van der Waals surface area contributed by atoms with Gasteiger partial charge in [0, 0.05) is 20.7 Å². The molecule has 1 nitrogen and oxygen atoms in total. The maximum Gasteiger partial charge on any atom is 0.0397 e. The molecule has 0 aliphatic heterocycles. The van der Waals surface area contributed by atoms with Crippen LogP contribution in [0.15, 0.2) is 45.8 Å². The minimum atomic E-state index is 0.195. The van der Waals surface area contributed by atoms with Gasteiger partial charge in [-0.15, -0.1) is 11.8 Å². The lowest BCUT2D eigenvalue weighted by atomic mass is 10.1. The second kappa shape index (κ2) is 4.73. The molecule has 3 heteroatoms. The summed E-state index contributed by atoms with van der Waals surface area (Å²) in [5.74, 6) is 0. The summed E-state index contributed by atoms with van der Waals surface area (Å²) < 4.78 is 1.33. The average molecular weight is 284 g/mol. The summed E-state index contributed by atoms with van der Waals surface area (Å²) in [6, 6.07) is 8.41. The third-order valence-electron chi connectivity index (χ3n) is 2.65. The zero-order valence-corrected chi connectivity index (χ0v) is 10.9. The molecular formula is C12H14BrNS. The van der Waals surface area contributed by atoms with Crippen LogP contribution >= 0.6 is 27.7 Å². The van der Waals surface area contributed by atoms with E-state index in [-0.39, 0.29) is 4.75 Å². The molecule has 0 saturated carbocycles. The molecule has 0 saturated heterocycles. The van der Waals surface area contributed by atoms with Crippen molar-refractivity contribution in [2.45, 2.75) is 22.5 Å². The molecule has 0 aromatic heterocycles. The molecule has 1 aliphatic carbocycles. The third kappa shape index (κ3) is 2.65. The summed E-state index contributed by atoms with van der Waals surface area (Å²) in [6.07, 6.45) is 6.64. The van der Waals surface area contributed by atoms with E-state index < -0.39 is 0 Å². The summed E-state index contributed by atoms with van der Waals surface area (Å²) in [6.45, 7) is 0.733. The van der Waals surface area contributed by atoms with E-state index in [9.17, 15) is 0 Å². The smallest absolute Gasteiger partial charge is 0.0397 e. The van der Waals surface area contributed by atoms with Crippen molar-refractivity contribution in [3.8, 4) is 0 Å². The number of hydrogen-bond acceptors (Lipinski definition) is 2. The van der Waals surface area contributed by atoms with Crippen molar-refractivity contribution in [1.82, 2.24) is 0 Å². The summed E-state index contributed by atoms with van der Waals surface area (Å²) in [4.78, 5) is 1.29. The average Bonchev–Trinajstić information content (AvgIpc) is 2.67. The van der Waals surface area contributed by atoms with Crippen molar-refractivity contribution in [3.63, 3.8) is 0 Å². The number of thioether (sulfide) groups is 1.